The van der Waals surface area contributed by atoms with Crippen LogP contribution in [0, 0.1) is 0 Å². The molecule has 0 spiro atoms. The average molecular weight is 453 g/mol. The molecule has 1 aliphatic rings. The molecule has 1 aliphatic heterocycles. The van der Waals surface area contributed by atoms with E-state index < -0.39 is 0 Å². The highest BCUT2D eigenvalue weighted by Crippen LogP contribution is 2.20. The summed E-state index contributed by atoms with van der Waals surface area (Å²) in [6.45, 7) is 2.38. The molecule has 3 aromatic rings. The van der Waals surface area contributed by atoms with E-state index in [-0.39, 0.29) is 17.8 Å². The molecule has 1 saturated heterocycles. The van der Waals surface area contributed by atoms with Crippen LogP contribution in [0.3, 0.4) is 0 Å². The maximum Gasteiger partial charge on any atom is 0.230 e. The highest BCUT2D eigenvalue weighted by atomic mass is 32.2. The molecule has 0 saturated carbocycles. The van der Waals surface area contributed by atoms with Gasteiger partial charge in [0.2, 0.25) is 5.91 Å². The Morgan fingerprint density at radius 1 is 1.12 bits per heavy atom. The van der Waals surface area contributed by atoms with Crippen LogP contribution in [0.2, 0.25) is 0 Å². The first kappa shape index (κ1) is 22.4. The van der Waals surface area contributed by atoms with Gasteiger partial charge < -0.3 is 19.4 Å². The second-order valence-electron chi connectivity index (χ2n) is 7.62. The van der Waals surface area contributed by atoms with E-state index in [0.29, 0.717) is 19.7 Å². The van der Waals surface area contributed by atoms with Gasteiger partial charge >= 0.3 is 0 Å². The summed E-state index contributed by atoms with van der Waals surface area (Å²) in [5, 5.41) is 12.4. The number of aryl methyl sites for hydroxylation is 1. The number of hydrogen-bond donors (Lipinski definition) is 1. The van der Waals surface area contributed by atoms with Crippen molar-refractivity contribution in [1.82, 2.24) is 20.1 Å². The molecule has 1 N–H and O–H groups in total. The number of hydrogen-bond acceptors (Lipinski definition) is 6. The largest absolute Gasteiger partial charge is 0.486 e. The van der Waals surface area contributed by atoms with Gasteiger partial charge in [-0.05, 0) is 37.0 Å². The number of aromatic nitrogens is 3. The molecule has 0 bridgehead atoms. The minimum absolute atomic E-state index is 0.0230. The summed E-state index contributed by atoms with van der Waals surface area (Å²) in [7, 11) is 0. The van der Waals surface area contributed by atoms with Crippen molar-refractivity contribution < 1.29 is 14.3 Å². The smallest absolute Gasteiger partial charge is 0.230 e. The summed E-state index contributed by atoms with van der Waals surface area (Å²) in [6.07, 6.45) is 3.05. The molecule has 168 valence electrons. The van der Waals surface area contributed by atoms with E-state index in [0.717, 1.165) is 42.6 Å². The summed E-state index contributed by atoms with van der Waals surface area (Å²) < 4.78 is 13.5. The molecule has 1 fully saturated rings. The van der Waals surface area contributed by atoms with E-state index in [1.165, 1.54) is 17.3 Å². The number of benzene rings is 2. The van der Waals surface area contributed by atoms with Gasteiger partial charge in [0.15, 0.2) is 11.0 Å². The molecule has 8 heteroatoms. The normalized spacial score (nSPS) is 15.6. The van der Waals surface area contributed by atoms with Gasteiger partial charge in [-0.3, -0.25) is 4.79 Å². The minimum atomic E-state index is -0.0230. The number of carbonyl (C=O) groups is 1. The Balaban J connectivity index is 1.37. The number of para-hydroxylation sites is 1. The van der Waals surface area contributed by atoms with Crippen LogP contribution in [0.1, 0.15) is 24.2 Å². The third-order valence-corrected chi connectivity index (χ3v) is 6.22. The fraction of sp³-hybridized carbons (Fsp3) is 0.375. The molecule has 7 nitrogen and oxygen atoms in total. The summed E-state index contributed by atoms with van der Waals surface area (Å²) in [6, 6.07) is 20.0. The Bertz CT molecular complexity index is 975. The standard InChI is InChI=1S/C24H28N4O3S/c29-23(25-16-21-12-7-15-30-21)18-32-24-27-26-22(17-31-20-10-5-2-6-11-20)28(24)14-13-19-8-3-1-4-9-19/h1-6,8-11,21H,7,12-18H2,(H,25,29)/t21-/m1/s1. The number of nitrogens with zero attached hydrogens (tertiary/aromatic N) is 3. The first-order chi connectivity index (χ1) is 15.8. The maximum absolute atomic E-state index is 12.3. The number of thioether (sulfide) groups is 1. The zero-order valence-electron chi connectivity index (χ0n) is 18.0. The van der Waals surface area contributed by atoms with Crippen LogP contribution in [0.15, 0.2) is 65.8 Å². The monoisotopic (exact) mass is 452 g/mol. The number of carbonyl (C=O) groups excluding carboxylic acids is 1. The molecule has 1 aromatic heterocycles. The lowest BCUT2D eigenvalue weighted by Crippen LogP contribution is -2.33. The Morgan fingerprint density at radius 2 is 1.91 bits per heavy atom. The summed E-state index contributed by atoms with van der Waals surface area (Å²) in [4.78, 5) is 12.3. The van der Waals surface area contributed by atoms with Gasteiger partial charge in [-0.2, -0.15) is 0 Å². The Labute approximate surface area is 192 Å². The van der Waals surface area contributed by atoms with Crippen LogP contribution < -0.4 is 10.1 Å². The summed E-state index contributed by atoms with van der Waals surface area (Å²) >= 11 is 1.40. The summed E-state index contributed by atoms with van der Waals surface area (Å²) in [5.41, 5.74) is 1.24. The Hall–Kier alpha value is -2.84. The van der Waals surface area contributed by atoms with Gasteiger partial charge in [0.25, 0.3) is 0 Å². The van der Waals surface area contributed by atoms with Crippen molar-refractivity contribution in [1.29, 1.82) is 0 Å². The first-order valence-electron chi connectivity index (χ1n) is 10.9. The molecule has 32 heavy (non-hydrogen) atoms. The van der Waals surface area contributed by atoms with Crippen molar-refractivity contribution in [3.63, 3.8) is 0 Å². The van der Waals surface area contributed by atoms with Gasteiger partial charge in [-0.25, -0.2) is 0 Å². The van der Waals surface area contributed by atoms with Crippen molar-refractivity contribution >= 4 is 17.7 Å². The fourth-order valence-electron chi connectivity index (χ4n) is 3.52. The van der Waals surface area contributed by atoms with Gasteiger partial charge in [0.05, 0.1) is 11.9 Å². The van der Waals surface area contributed by atoms with Gasteiger partial charge in [0.1, 0.15) is 12.4 Å². The highest BCUT2D eigenvalue weighted by Gasteiger charge is 2.18. The molecule has 2 heterocycles. The Morgan fingerprint density at radius 3 is 2.66 bits per heavy atom. The number of rotatable bonds is 11. The van der Waals surface area contributed by atoms with E-state index in [1.807, 2.05) is 53.1 Å². The van der Waals surface area contributed by atoms with E-state index in [1.54, 1.807) is 0 Å². The van der Waals surface area contributed by atoms with E-state index in [2.05, 4.69) is 27.6 Å². The van der Waals surface area contributed by atoms with Crippen LogP contribution in [-0.2, 0) is 29.1 Å². The van der Waals surface area contributed by atoms with Crippen LogP contribution in [0.25, 0.3) is 0 Å². The van der Waals surface area contributed by atoms with Crippen molar-refractivity contribution in [3.8, 4) is 5.75 Å². The molecule has 0 radical (unpaired) electrons. The molecular weight excluding hydrogens is 424 g/mol. The molecule has 1 amide bonds. The second kappa shape index (κ2) is 11.7. The van der Waals surface area contributed by atoms with E-state index in [4.69, 9.17) is 9.47 Å². The molecule has 2 aromatic carbocycles. The van der Waals surface area contributed by atoms with E-state index in [9.17, 15) is 4.79 Å². The Kier molecular flexibility index (Phi) is 8.17. The lowest BCUT2D eigenvalue weighted by molar-refractivity contribution is -0.119. The predicted molar refractivity (Wildman–Crippen MR) is 124 cm³/mol. The quantitative estimate of drug-likeness (QED) is 0.449. The maximum atomic E-state index is 12.3. The third-order valence-electron chi connectivity index (χ3n) is 5.25. The molecule has 1 atom stereocenters. The SMILES string of the molecule is O=C(CSc1nnc(COc2ccccc2)n1CCc1ccccc1)NC[C@H]1CCCO1. The number of ether oxygens (including phenoxy) is 2. The molecule has 4 rings (SSSR count). The predicted octanol–water partition coefficient (Wildman–Crippen LogP) is 3.49. The van der Waals surface area contributed by atoms with Gasteiger partial charge in [-0.1, -0.05) is 60.3 Å². The zero-order valence-corrected chi connectivity index (χ0v) is 18.8. The van der Waals surface area contributed by atoms with Gasteiger partial charge in [-0.15, -0.1) is 10.2 Å². The van der Waals surface area contributed by atoms with Crippen molar-refractivity contribution in [2.75, 3.05) is 18.9 Å². The van der Waals surface area contributed by atoms with Crippen molar-refractivity contribution in [3.05, 3.63) is 72.1 Å². The highest BCUT2D eigenvalue weighted by molar-refractivity contribution is 7.99. The van der Waals surface area contributed by atoms with Crippen LogP contribution in [0.4, 0.5) is 0 Å². The second-order valence-corrected chi connectivity index (χ2v) is 8.56. The van der Waals surface area contributed by atoms with Crippen LogP contribution >= 0.6 is 11.8 Å². The van der Waals surface area contributed by atoms with Crippen LogP contribution in [0.5, 0.6) is 5.75 Å². The summed E-state index contributed by atoms with van der Waals surface area (Å²) in [5.74, 6) is 1.79. The third kappa shape index (κ3) is 6.58. The minimum Gasteiger partial charge on any atom is -0.486 e. The molecular formula is C24H28N4O3S. The number of nitrogens with one attached hydrogen (secondary N) is 1. The van der Waals surface area contributed by atoms with E-state index >= 15 is 0 Å². The lowest BCUT2D eigenvalue weighted by atomic mass is 10.1. The van der Waals surface area contributed by atoms with Gasteiger partial charge in [0, 0.05) is 19.7 Å². The van der Waals surface area contributed by atoms with Crippen molar-refractivity contribution in [2.24, 2.45) is 0 Å². The van der Waals surface area contributed by atoms with Crippen molar-refractivity contribution in [2.45, 2.75) is 43.7 Å². The molecule has 0 unspecified atom stereocenters. The van der Waals surface area contributed by atoms with Crippen LogP contribution in [-0.4, -0.2) is 45.7 Å². The lowest BCUT2D eigenvalue weighted by Gasteiger charge is -2.12. The zero-order chi connectivity index (χ0) is 22.0. The molecule has 0 aliphatic carbocycles. The average Bonchev–Trinajstić information content (AvgIpc) is 3.50. The number of amides is 1. The first-order valence-corrected chi connectivity index (χ1v) is 11.9. The fourth-order valence-corrected chi connectivity index (χ4v) is 4.33. The topological polar surface area (TPSA) is 78.3 Å².